The third kappa shape index (κ3) is 4.28. The van der Waals surface area contributed by atoms with Gasteiger partial charge in [0, 0.05) is 31.9 Å². The van der Waals surface area contributed by atoms with Crippen LogP contribution in [0.25, 0.3) is 0 Å². The van der Waals surface area contributed by atoms with Gasteiger partial charge in [-0.15, -0.1) is 6.58 Å². The van der Waals surface area contributed by atoms with Crippen LogP contribution in [0.4, 0.5) is 0 Å². The third-order valence-electron chi connectivity index (χ3n) is 3.06. The van der Waals surface area contributed by atoms with Crippen molar-refractivity contribution in [1.29, 1.82) is 0 Å². The molecule has 0 aliphatic rings. The van der Waals surface area contributed by atoms with Gasteiger partial charge < -0.3 is 9.88 Å². The van der Waals surface area contributed by atoms with Crippen molar-refractivity contribution in [1.82, 2.24) is 14.2 Å². The molecule has 0 aliphatic heterocycles. The topological polar surface area (TPSA) is 88.5 Å². The quantitative estimate of drug-likeness (QED) is 0.690. The first-order chi connectivity index (χ1) is 10.4. The Morgan fingerprint density at radius 2 is 2.00 bits per heavy atom. The molecule has 1 heterocycles. The molecule has 1 N–H and O–H groups in total. The molecule has 0 radical (unpaired) electrons. The van der Waals surface area contributed by atoms with Gasteiger partial charge in [0.25, 0.3) is 5.56 Å². The van der Waals surface area contributed by atoms with E-state index >= 15 is 0 Å². The minimum atomic E-state index is -3.67. The summed E-state index contributed by atoms with van der Waals surface area (Å²) in [7, 11) is -3.67. The number of pyridine rings is 1. The largest absolute Gasteiger partial charge is 0.351 e. The summed E-state index contributed by atoms with van der Waals surface area (Å²) in [5.74, 6) is -0.389. The molecule has 0 aliphatic carbocycles. The number of amides is 1. The van der Waals surface area contributed by atoms with Gasteiger partial charge in [0.15, 0.2) is 0 Å². The van der Waals surface area contributed by atoms with Crippen LogP contribution >= 0.6 is 0 Å². The number of hydrogen-bond acceptors (Lipinski definition) is 4. The first kappa shape index (κ1) is 18.1. The molecule has 0 saturated heterocycles. The van der Waals surface area contributed by atoms with E-state index in [2.05, 4.69) is 11.9 Å². The van der Waals surface area contributed by atoms with Gasteiger partial charge in [-0.25, -0.2) is 8.42 Å². The van der Waals surface area contributed by atoms with Gasteiger partial charge in [0.1, 0.15) is 6.54 Å². The lowest BCUT2D eigenvalue weighted by Gasteiger charge is -2.19. The molecule has 22 heavy (non-hydrogen) atoms. The number of sulfonamides is 1. The monoisotopic (exact) mass is 327 g/mol. The van der Waals surface area contributed by atoms with E-state index in [1.54, 1.807) is 13.8 Å². The molecule has 1 aromatic heterocycles. The number of carbonyl (C=O) groups is 1. The van der Waals surface area contributed by atoms with E-state index in [0.29, 0.717) is 13.1 Å². The number of hydrogen-bond donors (Lipinski definition) is 1. The first-order valence-corrected chi connectivity index (χ1v) is 8.39. The van der Waals surface area contributed by atoms with Crippen LogP contribution in [-0.4, -0.2) is 42.8 Å². The van der Waals surface area contributed by atoms with E-state index in [4.69, 9.17) is 0 Å². The Labute approximate surface area is 130 Å². The van der Waals surface area contributed by atoms with E-state index in [1.165, 1.54) is 22.6 Å². The van der Waals surface area contributed by atoms with E-state index in [9.17, 15) is 18.0 Å². The summed E-state index contributed by atoms with van der Waals surface area (Å²) in [5.41, 5.74) is -0.438. The molecule has 8 heteroatoms. The van der Waals surface area contributed by atoms with E-state index in [1.807, 2.05) is 0 Å². The van der Waals surface area contributed by atoms with Crippen LogP contribution in [-0.2, 0) is 21.4 Å². The van der Waals surface area contributed by atoms with Crippen LogP contribution in [0.2, 0.25) is 0 Å². The Bertz CT molecular complexity index is 690. The maximum atomic E-state index is 12.4. The van der Waals surface area contributed by atoms with Gasteiger partial charge >= 0.3 is 0 Å². The Hall–Kier alpha value is -1.93. The zero-order valence-electron chi connectivity index (χ0n) is 12.8. The van der Waals surface area contributed by atoms with Crippen LogP contribution in [0.1, 0.15) is 13.8 Å². The molecule has 0 fully saturated rings. The zero-order valence-corrected chi connectivity index (χ0v) is 13.6. The maximum Gasteiger partial charge on any atom is 0.251 e. The van der Waals surface area contributed by atoms with Gasteiger partial charge in [-0.05, 0) is 6.07 Å². The Morgan fingerprint density at radius 3 is 2.55 bits per heavy atom. The Kier molecular flexibility index (Phi) is 6.51. The van der Waals surface area contributed by atoms with Crippen LogP contribution in [0, 0.1) is 0 Å². The van der Waals surface area contributed by atoms with Crippen LogP contribution in [0.5, 0.6) is 0 Å². The van der Waals surface area contributed by atoms with Crippen molar-refractivity contribution in [2.24, 2.45) is 0 Å². The number of rotatable bonds is 8. The highest BCUT2D eigenvalue weighted by Crippen LogP contribution is 2.13. The van der Waals surface area contributed by atoms with Crippen molar-refractivity contribution in [3.05, 3.63) is 41.3 Å². The molecule has 0 atom stereocenters. The van der Waals surface area contributed by atoms with E-state index < -0.39 is 15.6 Å². The summed E-state index contributed by atoms with van der Waals surface area (Å²) < 4.78 is 27.2. The second-order valence-electron chi connectivity index (χ2n) is 4.51. The standard InChI is InChI=1S/C14H21N3O4S/c1-4-9-15-13(18)11-16-10-12(7-8-14(16)19)22(20,21)17(5-2)6-3/h4,7-8,10H,1,5-6,9,11H2,2-3H3,(H,15,18). The summed E-state index contributed by atoms with van der Waals surface area (Å²) in [6, 6.07) is 2.41. The molecule has 0 saturated carbocycles. The normalized spacial score (nSPS) is 11.4. The van der Waals surface area contributed by atoms with Crippen molar-refractivity contribution < 1.29 is 13.2 Å². The lowest BCUT2D eigenvalue weighted by molar-refractivity contribution is -0.121. The highest BCUT2D eigenvalue weighted by atomic mass is 32.2. The lowest BCUT2D eigenvalue weighted by Crippen LogP contribution is -2.34. The van der Waals surface area contributed by atoms with Gasteiger partial charge in [-0.2, -0.15) is 4.31 Å². The molecule has 1 rings (SSSR count). The van der Waals surface area contributed by atoms with Crippen molar-refractivity contribution in [3.63, 3.8) is 0 Å². The fourth-order valence-electron chi connectivity index (χ4n) is 1.89. The minimum Gasteiger partial charge on any atom is -0.351 e. The zero-order chi connectivity index (χ0) is 16.8. The smallest absolute Gasteiger partial charge is 0.251 e. The maximum absolute atomic E-state index is 12.4. The van der Waals surface area contributed by atoms with Crippen LogP contribution in [0.15, 0.2) is 40.7 Å². The third-order valence-corrected chi connectivity index (χ3v) is 5.09. The highest BCUT2D eigenvalue weighted by Gasteiger charge is 2.22. The van der Waals surface area contributed by atoms with E-state index in [-0.39, 0.29) is 23.9 Å². The molecule has 122 valence electrons. The fourth-order valence-corrected chi connectivity index (χ4v) is 3.37. The van der Waals surface area contributed by atoms with Gasteiger partial charge in [-0.3, -0.25) is 9.59 Å². The first-order valence-electron chi connectivity index (χ1n) is 6.95. The average Bonchev–Trinajstić information content (AvgIpc) is 2.48. The fraction of sp³-hybridized carbons (Fsp3) is 0.429. The SMILES string of the molecule is C=CCNC(=O)Cn1cc(S(=O)(=O)N(CC)CC)ccc1=O. The molecular formula is C14H21N3O4S. The van der Waals surface area contributed by atoms with E-state index in [0.717, 1.165) is 10.6 Å². The molecular weight excluding hydrogens is 306 g/mol. The summed E-state index contributed by atoms with van der Waals surface area (Å²) in [5, 5.41) is 2.53. The summed E-state index contributed by atoms with van der Waals surface area (Å²) >= 11 is 0. The lowest BCUT2D eigenvalue weighted by atomic mass is 10.4. The summed E-state index contributed by atoms with van der Waals surface area (Å²) in [6.07, 6.45) is 2.71. The van der Waals surface area contributed by atoms with Gasteiger partial charge in [-0.1, -0.05) is 19.9 Å². The predicted octanol–water partition coefficient (Wildman–Crippen LogP) is 0.181. The predicted molar refractivity (Wildman–Crippen MR) is 84.0 cm³/mol. The minimum absolute atomic E-state index is 0.00711. The number of nitrogens with zero attached hydrogens (tertiary/aromatic N) is 2. The average molecular weight is 327 g/mol. The van der Waals surface area contributed by atoms with Gasteiger partial charge in [0.05, 0.1) is 4.90 Å². The van der Waals surface area contributed by atoms with Gasteiger partial charge in [0.2, 0.25) is 15.9 Å². The van der Waals surface area contributed by atoms with Crippen molar-refractivity contribution in [2.75, 3.05) is 19.6 Å². The second-order valence-corrected chi connectivity index (χ2v) is 6.45. The van der Waals surface area contributed by atoms with Crippen molar-refractivity contribution in [2.45, 2.75) is 25.3 Å². The summed E-state index contributed by atoms with van der Waals surface area (Å²) in [4.78, 5) is 23.4. The van der Waals surface area contributed by atoms with Crippen LogP contribution < -0.4 is 10.9 Å². The number of aromatic nitrogens is 1. The highest BCUT2D eigenvalue weighted by molar-refractivity contribution is 7.89. The number of carbonyl (C=O) groups excluding carboxylic acids is 1. The second kappa shape index (κ2) is 7.90. The number of nitrogens with one attached hydrogen (secondary N) is 1. The molecule has 0 bridgehead atoms. The van der Waals surface area contributed by atoms with Crippen molar-refractivity contribution >= 4 is 15.9 Å². The Balaban J connectivity index is 3.11. The molecule has 0 spiro atoms. The van der Waals surface area contributed by atoms with Crippen LogP contribution in [0.3, 0.4) is 0 Å². The molecule has 0 unspecified atom stereocenters. The molecule has 1 amide bonds. The molecule has 0 aromatic carbocycles. The molecule has 7 nitrogen and oxygen atoms in total. The molecule has 1 aromatic rings. The summed E-state index contributed by atoms with van der Waals surface area (Å²) in [6.45, 7) is 7.65. The van der Waals surface area contributed by atoms with Crippen molar-refractivity contribution in [3.8, 4) is 0 Å². The Morgan fingerprint density at radius 1 is 1.36 bits per heavy atom.